The Hall–Kier alpha value is -3.41. The van der Waals surface area contributed by atoms with E-state index in [1.165, 1.54) is 6.08 Å². The second-order valence-corrected chi connectivity index (χ2v) is 5.40. The molecule has 0 aliphatic rings. The number of aldehydes is 2. The van der Waals surface area contributed by atoms with Crippen LogP contribution in [0.4, 0.5) is 0 Å². The zero-order valence-electron chi connectivity index (χ0n) is 14.7. The molecule has 0 fully saturated rings. The first-order chi connectivity index (χ1) is 13.2. The third-order valence-corrected chi connectivity index (χ3v) is 3.47. The molecule has 27 heavy (non-hydrogen) atoms. The van der Waals surface area contributed by atoms with Crippen LogP contribution in [0.25, 0.3) is 6.08 Å². The Kier molecular flexibility index (Phi) is 8.30. The van der Waals surface area contributed by atoms with Gasteiger partial charge in [-0.2, -0.15) is 0 Å². The van der Waals surface area contributed by atoms with Crippen molar-refractivity contribution in [2.45, 2.75) is 6.42 Å². The van der Waals surface area contributed by atoms with Crippen LogP contribution in [0.5, 0.6) is 11.5 Å². The number of hydrogen-bond acceptors (Lipinski definition) is 6. The first-order valence-electron chi connectivity index (χ1n) is 8.38. The summed E-state index contributed by atoms with van der Waals surface area (Å²) in [6.07, 6.45) is 4.75. The topological polar surface area (TPSA) is 78.9 Å². The van der Waals surface area contributed by atoms with Crippen LogP contribution < -0.4 is 9.47 Å². The molecule has 6 heteroatoms. The van der Waals surface area contributed by atoms with Crippen molar-refractivity contribution in [2.75, 3.05) is 19.8 Å². The van der Waals surface area contributed by atoms with Gasteiger partial charge in [-0.25, -0.2) is 4.79 Å². The van der Waals surface area contributed by atoms with E-state index in [1.54, 1.807) is 24.3 Å². The van der Waals surface area contributed by atoms with Crippen LogP contribution in [-0.4, -0.2) is 38.4 Å². The van der Waals surface area contributed by atoms with Gasteiger partial charge >= 0.3 is 5.97 Å². The summed E-state index contributed by atoms with van der Waals surface area (Å²) in [5, 5.41) is 0. The van der Waals surface area contributed by atoms with Crippen molar-refractivity contribution < 1.29 is 28.6 Å². The van der Waals surface area contributed by atoms with E-state index in [0.717, 1.165) is 5.56 Å². The van der Waals surface area contributed by atoms with Crippen molar-refractivity contribution >= 4 is 24.6 Å². The summed E-state index contributed by atoms with van der Waals surface area (Å²) in [6.45, 7) is 0.0197. The monoisotopic (exact) mass is 368 g/mol. The number of carbonyl (C=O) groups is 3. The lowest BCUT2D eigenvalue weighted by atomic mass is 10.2. The van der Waals surface area contributed by atoms with Crippen molar-refractivity contribution in [3.05, 3.63) is 65.7 Å². The Balaban J connectivity index is 1.92. The Bertz CT molecular complexity index is 783. The minimum Gasteiger partial charge on any atom is -0.482 e. The standard InChI is InChI=1S/C21H20O6/c22-11-14-25-19-8-6-18(16-20(19)26-15-12-23)7-9-21(24)27-13-10-17-4-2-1-3-5-17/h1-9,11-12,16H,10,13-15H2/b9-7+. The van der Waals surface area contributed by atoms with Gasteiger partial charge in [0.15, 0.2) is 24.1 Å². The molecule has 6 nitrogen and oxygen atoms in total. The summed E-state index contributed by atoms with van der Waals surface area (Å²) >= 11 is 0. The van der Waals surface area contributed by atoms with Gasteiger partial charge in [-0.05, 0) is 29.3 Å². The second kappa shape index (κ2) is 11.3. The van der Waals surface area contributed by atoms with Gasteiger partial charge in [-0.1, -0.05) is 36.4 Å². The SMILES string of the molecule is O=CCOc1ccc(/C=C/C(=O)OCCc2ccccc2)cc1OCC=O. The minimum absolute atomic E-state index is 0.125. The molecule has 2 aromatic carbocycles. The maximum absolute atomic E-state index is 11.8. The molecular formula is C21H20O6. The van der Waals surface area contributed by atoms with Crippen LogP contribution in [0, 0.1) is 0 Å². The highest BCUT2D eigenvalue weighted by Gasteiger charge is 2.06. The largest absolute Gasteiger partial charge is 0.482 e. The predicted octanol–water partition coefficient (Wildman–Crippen LogP) is 2.64. The van der Waals surface area contributed by atoms with Crippen LogP contribution in [-0.2, 0) is 25.5 Å². The Morgan fingerprint density at radius 2 is 1.59 bits per heavy atom. The summed E-state index contributed by atoms with van der Waals surface area (Å²) in [4.78, 5) is 32.8. The molecule has 2 aromatic rings. The lowest BCUT2D eigenvalue weighted by Gasteiger charge is -2.10. The third-order valence-electron chi connectivity index (χ3n) is 3.47. The molecule has 0 radical (unpaired) electrons. The van der Waals surface area contributed by atoms with Gasteiger partial charge in [0.25, 0.3) is 0 Å². The van der Waals surface area contributed by atoms with E-state index in [-0.39, 0.29) is 13.2 Å². The lowest BCUT2D eigenvalue weighted by Crippen LogP contribution is -2.05. The summed E-state index contributed by atoms with van der Waals surface area (Å²) in [5.74, 6) is 0.192. The Labute approximate surface area is 157 Å². The Morgan fingerprint density at radius 1 is 0.889 bits per heavy atom. The fraction of sp³-hybridized carbons (Fsp3) is 0.190. The van der Waals surface area contributed by atoms with Crippen molar-refractivity contribution in [1.29, 1.82) is 0 Å². The number of rotatable bonds is 11. The molecule has 140 valence electrons. The summed E-state index contributed by atoms with van der Waals surface area (Å²) in [5.41, 5.74) is 1.76. The zero-order valence-corrected chi connectivity index (χ0v) is 14.7. The molecule has 0 bridgehead atoms. The summed E-state index contributed by atoms with van der Waals surface area (Å²) in [6, 6.07) is 14.6. The van der Waals surface area contributed by atoms with Crippen molar-refractivity contribution in [1.82, 2.24) is 0 Å². The highest BCUT2D eigenvalue weighted by molar-refractivity contribution is 5.87. The normalized spacial score (nSPS) is 10.4. The first kappa shape index (κ1) is 19.9. The van der Waals surface area contributed by atoms with Gasteiger partial charge in [-0.3, -0.25) is 9.59 Å². The smallest absolute Gasteiger partial charge is 0.330 e. The average molecular weight is 368 g/mol. The highest BCUT2D eigenvalue weighted by atomic mass is 16.5. The fourth-order valence-corrected chi connectivity index (χ4v) is 2.23. The molecule has 2 rings (SSSR count). The van der Waals surface area contributed by atoms with Crippen LogP contribution in [0.2, 0.25) is 0 Å². The average Bonchev–Trinajstić information content (AvgIpc) is 2.70. The van der Waals surface area contributed by atoms with Gasteiger partial charge in [0.2, 0.25) is 0 Å². The van der Waals surface area contributed by atoms with E-state index in [9.17, 15) is 14.4 Å². The van der Waals surface area contributed by atoms with Gasteiger partial charge < -0.3 is 14.2 Å². The Morgan fingerprint density at radius 3 is 2.30 bits per heavy atom. The molecule has 0 N–H and O–H groups in total. The molecule has 0 aliphatic carbocycles. The van der Waals surface area contributed by atoms with Crippen LogP contribution >= 0.6 is 0 Å². The van der Waals surface area contributed by atoms with Crippen LogP contribution in [0.3, 0.4) is 0 Å². The molecule has 0 saturated heterocycles. The molecule has 0 aromatic heterocycles. The highest BCUT2D eigenvalue weighted by Crippen LogP contribution is 2.28. The number of esters is 1. The quantitative estimate of drug-likeness (QED) is 0.345. The molecule has 0 spiro atoms. The van der Waals surface area contributed by atoms with Crippen molar-refractivity contribution in [3.8, 4) is 11.5 Å². The number of benzene rings is 2. The molecule has 0 saturated carbocycles. The first-order valence-corrected chi connectivity index (χ1v) is 8.38. The summed E-state index contributed by atoms with van der Waals surface area (Å²) in [7, 11) is 0. The van der Waals surface area contributed by atoms with Crippen LogP contribution in [0.1, 0.15) is 11.1 Å². The molecular weight excluding hydrogens is 348 g/mol. The number of hydrogen-bond donors (Lipinski definition) is 0. The summed E-state index contributed by atoms with van der Waals surface area (Å²) < 4.78 is 15.7. The number of ether oxygens (including phenoxy) is 3. The number of carbonyl (C=O) groups excluding carboxylic acids is 3. The maximum Gasteiger partial charge on any atom is 0.330 e. The van der Waals surface area contributed by atoms with Gasteiger partial charge in [-0.15, -0.1) is 0 Å². The zero-order chi connectivity index (χ0) is 19.3. The van der Waals surface area contributed by atoms with E-state index in [4.69, 9.17) is 14.2 Å². The van der Waals surface area contributed by atoms with Gasteiger partial charge in [0.05, 0.1) is 6.61 Å². The molecule has 0 atom stereocenters. The predicted molar refractivity (Wildman–Crippen MR) is 99.7 cm³/mol. The van der Waals surface area contributed by atoms with E-state index in [2.05, 4.69) is 0 Å². The van der Waals surface area contributed by atoms with Gasteiger partial charge in [0, 0.05) is 12.5 Å². The molecule has 0 unspecified atom stereocenters. The fourth-order valence-electron chi connectivity index (χ4n) is 2.23. The van der Waals surface area contributed by atoms with E-state index in [1.807, 2.05) is 30.3 Å². The molecule has 0 heterocycles. The minimum atomic E-state index is -0.456. The molecule has 0 aliphatic heterocycles. The lowest BCUT2D eigenvalue weighted by molar-refractivity contribution is -0.137. The van der Waals surface area contributed by atoms with E-state index >= 15 is 0 Å². The van der Waals surface area contributed by atoms with Crippen LogP contribution in [0.15, 0.2) is 54.6 Å². The van der Waals surface area contributed by atoms with Crippen molar-refractivity contribution in [3.63, 3.8) is 0 Å². The second-order valence-electron chi connectivity index (χ2n) is 5.40. The molecule has 0 amide bonds. The van der Waals surface area contributed by atoms with E-state index < -0.39 is 5.97 Å². The van der Waals surface area contributed by atoms with E-state index in [0.29, 0.717) is 42.7 Å². The van der Waals surface area contributed by atoms with Gasteiger partial charge in [0.1, 0.15) is 13.2 Å². The van der Waals surface area contributed by atoms with Crippen molar-refractivity contribution in [2.24, 2.45) is 0 Å². The maximum atomic E-state index is 11.8. The third kappa shape index (κ3) is 7.15.